The number of hydrogen-bond donors (Lipinski definition) is 3. The van der Waals surface area contributed by atoms with Gasteiger partial charge in [0.05, 0.1) is 35.9 Å². The summed E-state index contributed by atoms with van der Waals surface area (Å²) in [7, 11) is 1.39. The number of carbonyl (C=O) groups is 2. The van der Waals surface area contributed by atoms with Crippen LogP contribution in [0.4, 0.5) is 22.7 Å². The van der Waals surface area contributed by atoms with E-state index in [1.807, 2.05) is 26.0 Å². The number of carbonyl (C=O) groups excluding carboxylic acids is 2. The molecular weight excluding hydrogens is 364 g/mol. The highest BCUT2D eigenvalue weighted by molar-refractivity contribution is 6.06. The predicted molar refractivity (Wildman–Crippen MR) is 105 cm³/mol. The Morgan fingerprint density at radius 1 is 1.21 bits per heavy atom. The van der Waals surface area contributed by atoms with Crippen LogP contribution in [0.5, 0.6) is 5.75 Å². The summed E-state index contributed by atoms with van der Waals surface area (Å²) in [6, 6.07) is 7.12. The van der Waals surface area contributed by atoms with Gasteiger partial charge in [0, 0.05) is 0 Å². The second kappa shape index (κ2) is 7.55. The van der Waals surface area contributed by atoms with E-state index in [2.05, 4.69) is 16.0 Å². The molecule has 0 spiro atoms. The lowest BCUT2D eigenvalue weighted by molar-refractivity contribution is -0.384. The van der Waals surface area contributed by atoms with Crippen LogP contribution in [0.25, 0.3) is 0 Å². The monoisotopic (exact) mass is 384 g/mol. The van der Waals surface area contributed by atoms with Gasteiger partial charge in [-0.15, -0.1) is 0 Å². The van der Waals surface area contributed by atoms with E-state index in [4.69, 9.17) is 4.74 Å². The first-order chi connectivity index (χ1) is 13.3. The van der Waals surface area contributed by atoms with Crippen molar-refractivity contribution in [2.75, 3.05) is 23.1 Å². The van der Waals surface area contributed by atoms with Gasteiger partial charge in [-0.25, -0.2) is 0 Å². The minimum Gasteiger partial charge on any atom is -0.496 e. The minimum atomic E-state index is -0.785. The zero-order valence-electron chi connectivity index (χ0n) is 15.7. The number of aryl methyl sites for hydroxylation is 2. The lowest BCUT2D eigenvalue weighted by Gasteiger charge is -2.27. The Hall–Kier alpha value is -3.62. The minimum absolute atomic E-state index is 0.0406. The highest BCUT2D eigenvalue weighted by Gasteiger charge is 2.28. The molecule has 3 rings (SSSR count). The number of anilines is 3. The van der Waals surface area contributed by atoms with Gasteiger partial charge in [-0.2, -0.15) is 0 Å². The van der Waals surface area contributed by atoms with Crippen LogP contribution < -0.4 is 20.7 Å². The summed E-state index contributed by atoms with van der Waals surface area (Å²) in [5.74, 6) is -0.552. The molecule has 0 radical (unpaired) electrons. The van der Waals surface area contributed by atoms with Crippen molar-refractivity contribution in [2.24, 2.45) is 0 Å². The van der Waals surface area contributed by atoms with E-state index in [0.717, 1.165) is 16.8 Å². The summed E-state index contributed by atoms with van der Waals surface area (Å²) < 4.78 is 4.97. The number of nitro benzene ring substituents is 1. The van der Waals surface area contributed by atoms with Crippen molar-refractivity contribution >= 4 is 34.6 Å². The van der Waals surface area contributed by atoms with Crippen molar-refractivity contribution in [2.45, 2.75) is 26.3 Å². The maximum Gasteiger partial charge on any atom is 0.296 e. The first-order valence-corrected chi connectivity index (χ1v) is 8.59. The lowest BCUT2D eigenvalue weighted by Crippen LogP contribution is -2.41. The molecule has 9 nitrogen and oxygen atoms in total. The van der Waals surface area contributed by atoms with E-state index in [-0.39, 0.29) is 23.7 Å². The molecule has 3 N–H and O–H groups in total. The standard InChI is InChI=1S/C19H20N4O5/c1-10-6-14-15(7-11(10)2)22-19(25)16(20-14)9-18(24)21-13-5-4-12(28-3)8-17(13)23(26)27/h4-8,16,20H,9H2,1-3H3,(H,21,24)(H,22,25). The van der Waals surface area contributed by atoms with E-state index in [0.29, 0.717) is 11.4 Å². The second-order valence-electron chi connectivity index (χ2n) is 6.56. The van der Waals surface area contributed by atoms with Gasteiger partial charge in [-0.3, -0.25) is 19.7 Å². The highest BCUT2D eigenvalue weighted by atomic mass is 16.6. The lowest BCUT2D eigenvalue weighted by atomic mass is 10.0. The molecule has 0 fully saturated rings. The van der Waals surface area contributed by atoms with Gasteiger partial charge in [0.1, 0.15) is 17.5 Å². The average Bonchev–Trinajstić information content (AvgIpc) is 2.64. The van der Waals surface area contributed by atoms with Gasteiger partial charge >= 0.3 is 0 Å². The molecule has 0 bridgehead atoms. The first-order valence-electron chi connectivity index (χ1n) is 8.59. The molecule has 0 aliphatic carbocycles. The van der Waals surface area contributed by atoms with Crippen LogP contribution in [0.2, 0.25) is 0 Å². The number of methoxy groups -OCH3 is 1. The van der Waals surface area contributed by atoms with E-state index < -0.39 is 16.9 Å². The van der Waals surface area contributed by atoms with Gasteiger partial charge in [-0.05, 0) is 49.2 Å². The first kappa shape index (κ1) is 19.2. The molecule has 2 amide bonds. The summed E-state index contributed by atoms with van der Waals surface area (Å²) in [5.41, 5.74) is 3.25. The summed E-state index contributed by atoms with van der Waals surface area (Å²) in [5, 5.41) is 19.6. The summed E-state index contributed by atoms with van der Waals surface area (Å²) >= 11 is 0. The number of amides is 2. The van der Waals surface area contributed by atoms with Crippen molar-refractivity contribution in [3.63, 3.8) is 0 Å². The second-order valence-corrected chi connectivity index (χ2v) is 6.56. The van der Waals surface area contributed by atoms with Gasteiger partial charge in [0.2, 0.25) is 11.8 Å². The quantitative estimate of drug-likeness (QED) is 0.538. The van der Waals surface area contributed by atoms with Crippen LogP contribution in [0.1, 0.15) is 17.5 Å². The predicted octanol–water partition coefficient (Wildman–Crippen LogP) is 2.98. The van der Waals surface area contributed by atoms with Crippen LogP contribution in [0.3, 0.4) is 0 Å². The zero-order valence-corrected chi connectivity index (χ0v) is 15.7. The van der Waals surface area contributed by atoms with E-state index in [1.165, 1.54) is 25.3 Å². The Labute approximate surface area is 161 Å². The van der Waals surface area contributed by atoms with Crippen molar-refractivity contribution in [1.82, 2.24) is 0 Å². The summed E-state index contributed by atoms with van der Waals surface area (Å²) in [6.07, 6.45) is -0.179. The van der Waals surface area contributed by atoms with Crippen LogP contribution in [0.15, 0.2) is 30.3 Å². The number of fused-ring (bicyclic) bond motifs is 1. The summed E-state index contributed by atoms with van der Waals surface area (Å²) in [4.78, 5) is 35.4. The number of nitrogens with zero attached hydrogens (tertiary/aromatic N) is 1. The molecule has 2 aromatic carbocycles. The van der Waals surface area contributed by atoms with Crippen molar-refractivity contribution in [3.05, 3.63) is 51.6 Å². The Morgan fingerprint density at radius 2 is 1.89 bits per heavy atom. The molecular formula is C19H20N4O5. The normalized spacial score (nSPS) is 15.1. The Bertz CT molecular complexity index is 973. The number of benzene rings is 2. The van der Waals surface area contributed by atoms with Crippen molar-refractivity contribution < 1.29 is 19.2 Å². The van der Waals surface area contributed by atoms with Crippen LogP contribution in [-0.4, -0.2) is 29.9 Å². The third-order valence-electron chi connectivity index (χ3n) is 4.60. The van der Waals surface area contributed by atoms with Crippen molar-refractivity contribution in [1.29, 1.82) is 0 Å². The molecule has 2 aromatic rings. The van der Waals surface area contributed by atoms with Gasteiger partial charge in [0.15, 0.2) is 0 Å². The molecule has 0 saturated carbocycles. The average molecular weight is 384 g/mol. The number of rotatable bonds is 5. The fourth-order valence-electron chi connectivity index (χ4n) is 2.94. The number of nitro groups is 1. The molecule has 9 heteroatoms. The van der Waals surface area contributed by atoms with Crippen LogP contribution in [0, 0.1) is 24.0 Å². The van der Waals surface area contributed by atoms with Gasteiger partial charge in [-0.1, -0.05) is 0 Å². The topological polar surface area (TPSA) is 123 Å². The fourth-order valence-corrected chi connectivity index (χ4v) is 2.94. The summed E-state index contributed by atoms with van der Waals surface area (Å²) in [6.45, 7) is 3.90. The molecule has 28 heavy (non-hydrogen) atoms. The van der Waals surface area contributed by atoms with E-state index in [1.54, 1.807) is 0 Å². The van der Waals surface area contributed by atoms with E-state index >= 15 is 0 Å². The molecule has 1 heterocycles. The molecule has 1 atom stereocenters. The van der Waals surface area contributed by atoms with Gasteiger partial charge in [0.25, 0.3) is 5.69 Å². The van der Waals surface area contributed by atoms with Crippen LogP contribution >= 0.6 is 0 Å². The largest absolute Gasteiger partial charge is 0.496 e. The van der Waals surface area contributed by atoms with Gasteiger partial charge < -0.3 is 20.7 Å². The molecule has 1 unspecified atom stereocenters. The van der Waals surface area contributed by atoms with Crippen LogP contribution in [-0.2, 0) is 9.59 Å². The maximum atomic E-state index is 12.4. The molecule has 146 valence electrons. The molecule has 1 aliphatic heterocycles. The number of hydrogen-bond acceptors (Lipinski definition) is 6. The smallest absolute Gasteiger partial charge is 0.296 e. The fraction of sp³-hybridized carbons (Fsp3) is 0.263. The molecule has 0 saturated heterocycles. The highest BCUT2D eigenvalue weighted by Crippen LogP contribution is 2.31. The maximum absolute atomic E-state index is 12.4. The third kappa shape index (κ3) is 3.88. The third-order valence-corrected chi connectivity index (χ3v) is 4.60. The van der Waals surface area contributed by atoms with Crippen molar-refractivity contribution in [3.8, 4) is 5.75 Å². The Morgan fingerprint density at radius 3 is 2.54 bits per heavy atom. The Balaban J connectivity index is 1.74. The number of ether oxygens (including phenoxy) is 1. The zero-order chi connectivity index (χ0) is 20.4. The molecule has 0 aromatic heterocycles. The SMILES string of the molecule is COc1ccc(NC(=O)CC2Nc3cc(C)c(C)cc3NC2=O)c([N+](=O)[O-])c1. The Kier molecular flexibility index (Phi) is 5.16. The number of nitrogens with one attached hydrogen (secondary N) is 3. The van der Waals surface area contributed by atoms with E-state index in [9.17, 15) is 19.7 Å². The molecule has 1 aliphatic rings.